The molecular weight excluding hydrogens is 216 g/mol. The van der Waals surface area contributed by atoms with Crippen molar-refractivity contribution >= 4 is 12.2 Å². The quantitative estimate of drug-likeness (QED) is 0.594. The number of nitrogens with zero attached hydrogens (tertiary/aromatic N) is 2. The molecule has 90 valence electrons. The fourth-order valence-corrected chi connectivity index (χ4v) is 0.991. The Morgan fingerprint density at radius 2 is 1.47 bits per heavy atom. The van der Waals surface area contributed by atoms with E-state index in [1.165, 1.54) is 6.08 Å². The molecule has 0 amide bonds. The molecule has 0 aromatic heterocycles. The van der Waals surface area contributed by atoms with Crippen LogP contribution in [0, 0.1) is 0 Å². The third-order valence-electron chi connectivity index (χ3n) is 1.84. The maximum absolute atomic E-state index is 9.90. The van der Waals surface area contributed by atoms with Crippen LogP contribution in [-0.2, 0) is 9.59 Å². The summed E-state index contributed by atoms with van der Waals surface area (Å²) in [6.07, 6.45) is 2.98. The molecule has 0 fully saturated rings. The number of rotatable bonds is 3. The first-order chi connectivity index (χ1) is 8.11. The van der Waals surface area contributed by atoms with Crippen LogP contribution in [0.1, 0.15) is 32.4 Å². The lowest BCUT2D eigenvalue weighted by Gasteiger charge is -2.01. The smallest absolute Gasteiger partial charge is 0.211 e. The zero-order chi connectivity index (χ0) is 13.1. The summed E-state index contributed by atoms with van der Waals surface area (Å²) in [5, 5.41) is 0. The van der Waals surface area contributed by atoms with Gasteiger partial charge in [-0.25, -0.2) is 14.6 Å². The van der Waals surface area contributed by atoms with E-state index in [4.69, 9.17) is 0 Å². The van der Waals surface area contributed by atoms with Crippen molar-refractivity contribution in [2.24, 2.45) is 9.98 Å². The molecule has 0 spiro atoms. The van der Waals surface area contributed by atoms with Crippen LogP contribution in [0.2, 0.25) is 0 Å². The fourth-order valence-electron chi connectivity index (χ4n) is 0.991. The Labute approximate surface area is 101 Å². The van der Waals surface area contributed by atoms with Crippen molar-refractivity contribution < 1.29 is 9.59 Å². The standard InChI is InChI=1S/C9H9NO.C4H7NO/c1-8(10-7-11)9-5-3-2-4-6-9;1-4(2)5-3-6/h2-6,8H,1H3;4H,1-2H3. The summed E-state index contributed by atoms with van der Waals surface area (Å²) >= 11 is 0. The molecule has 4 nitrogen and oxygen atoms in total. The van der Waals surface area contributed by atoms with E-state index < -0.39 is 0 Å². The van der Waals surface area contributed by atoms with Gasteiger partial charge in [-0.1, -0.05) is 30.3 Å². The molecule has 0 N–H and O–H groups in total. The van der Waals surface area contributed by atoms with Crippen LogP contribution in [0.5, 0.6) is 0 Å². The molecule has 0 aliphatic carbocycles. The van der Waals surface area contributed by atoms with Crippen LogP contribution in [0.3, 0.4) is 0 Å². The highest BCUT2D eigenvalue weighted by atomic mass is 16.1. The highest BCUT2D eigenvalue weighted by molar-refractivity contribution is 5.35. The minimum Gasteiger partial charge on any atom is -0.211 e. The molecular formula is C13H16N2O2. The van der Waals surface area contributed by atoms with Gasteiger partial charge in [-0.15, -0.1) is 0 Å². The van der Waals surface area contributed by atoms with Gasteiger partial charge in [0, 0.05) is 0 Å². The van der Waals surface area contributed by atoms with Crippen molar-refractivity contribution in [2.45, 2.75) is 32.9 Å². The number of hydrogen-bond acceptors (Lipinski definition) is 4. The van der Waals surface area contributed by atoms with Gasteiger partial charge < -0.3 is 0 Å². The molecule has 1 unspecified atom stereocenters. The van der Waals surface area contributed by atoms with Gasteiger partial charge in [0.15, 0.2) is 0 Å². The van der Waals surface area contributed by atoms with E-state index in [0.717, 1.165) is 5.56 Å². The van der Waals surface area contributed by atoms with Gasteiger partial charge in [0.05, 0.1) is 12.1 Å². The summed E-state index contributed by atoms with van der Waals surface area (Å²) in [6.45, 7) is 5.51. The van der Waals surface area contributed by atoms with Crippen molar-refractivity contribution in [3.8, 4) is 0 Å². The summed E-state index contributed by atoms with van der Waals surface area (Å²) in [5.41, 5.74) is 1.04. The van der Waals surface area contributed by atoms with E-state index in [2.05, 4.69) is 9.98 Å². The number of isocyanates is 2. The number of carbonyl (C=O) groups excluding carboxylic acids is 2. The van der Waals surface area contributed by atoms with Crippen LogP contribution in [0.4, 0.5) is 0 Å². The molecule has 0 saturated carbocycles. The lowest BCUT2D eigenvalue weighted by molar-refractivity contribution is 0.559. The summed E-state index contributed by atoms with van der Waals surface area (Å²) in [7, 11) is 0. The minimum absolute atomic E-state index is 0.0753. The summed E-state index contributed by atoms with van der Waals surface area (Å²) in [5.74, 6) is 0. The summed E-state index contributed by atoms with van der Waals surface area (Å²) in [4.78, 5) is 26.1. The van der Waals surface area contributed by atoms with E-state index in [0.29, 0.717) is 0 Å². The number of hydrogen-bond donors (Lipinski definition) is 0. The van der Waals surface area contributed by atoms with Crippen molar-refractivity contribution in [3.05, 3.63) is 35.9 Å². The average Bonchev–Trinajstić information content (AvgIpc) is 2.31. The first-order valence-corrected chi connectivity index (χ1v) is 5.30. The average molecular weight is 232 g/mol. The second-order valence-electron chi connectivity index (χ2n) is 3.62. The molecule has 17 heavy (non-hydrogen) atoms. The molecule has 1 atom stereocenters. The van der Waals surface area contributed by atoms with Crippen molar-refractivity contribution in [1.29, 1.82) is 0 Å². The van der Waals surface area contributed by atoms with E-state index in [-0.39, 0.29) is 12.1 Å². The normalized spacial score (nSPS) is 10.4. The Balaban J connectivity index is 0.000000366. The van der Waals surface area contributed by atoms with Crippen molar-refractivity contribution in [3.63, 3.8) is 0 Å². The first kappa shape index (κ1) is 15.0. The highest BCUT2D eigenvalue weighted by Gasteiger charge is 1.99. The van der Waals surface area contributed by atoms with Gasteiger partial charge in [0.25, 0.3) is 0 Å². The molecule has 0 saturated heterocycles. The van der Waals surface area contributed by atoms with Crippen molar-refractivity contribution in [2.75, 3.05) is 0 Å². The lowest BCUT2D eigenvalue weighted by atomic mass is 10.1. The maximum Gasteiger partial charge on any atom is 0.235 e. The summed E-state index contributed by atoms with van der Waals surface area (Å²) in [6, 6.07) is 9.67. The predicted molar refractivity (Wildman–Crippen MR) is 66.2 cm³/mol. The number of aliphatic imine (C=N–C) groups is 2. The first-order valence-electron chi connectivity index (χ1n) is 5.30. The zero-order valence-electron chi connectivity index (χ0n) is 10.3. The molecule has 0 bridgehead atoms. The highest BCUT2D eigenvalue weighted by Crippen LogP contribution is 2.14. The van der Waals surface area contributed by atoms with Gasteiger partial charge in [-0.2, -0.15) is 4.99 Å². The monoisotopic (exact) mass is 232 g/mol. The van der Waals surface area contributed by atoms with Gasteiger partial charge in [0.1, 0.15) is 0 Å². The van der Waals surface area contributed by atoms with E-state index >= 15 is 0 Å². The number of benzene rings is 1. The molecule has 0 heterocycles. The van der Waals surface area contributed by atoms with Gasteiger partial charge in [-0.3, -0.25) is 0 Å². The molecule has 1 aromatic rings. The molecule has 0 aliphatic heterocycles. The minimum atomic E-state index is -0.0753. The second-order valence-corrected chi connectivity index (χ2v) is 3.62. The third kappa shape index (κ3) is 7.86. The van der Waals surface area contributed by atoms with E-state index in [1.807, 2.05) is 51.1 Å². The fraction of sp³-hybridized carbons (Fsp3) is 0.385. The van der Waals surface area contributed by atoms with Crippen LogP contribution in [-0.4, -0.2) is 18.2 Å². The van der Waals surface area contributed by atoms with Gasteiger partial charge >= 0.3 is 0 Å². The molecule has 0 radical (unpaired) electrons. The Bertz CT molecular complexity index is 403. The Morgan fingerprint density at radius 1 is 0.941 bits per heavy atom. The molecule has 0 aliphatic rings. The van der Waals surface area contributed by atoms with Crippen LogP contribution in [0.15, 0.2) is 40.3 Å². The zero-order valence-corrected chi connectivity index (χ0v) is 10.3. The van der Waals surface area contributed by atoms with Gasteiger partial charge in [-0.05, 0) is 26.3 Å². The second kappa shape index (κ2) is 9.22. The van der Waals surface area contributed by atoms with Gasteiger partial charge in [0.2, 0.25) is 12.2 Å². The Morgan fingerprint density at radius 3 is 1.82 bits per heavy atom. The third-order valence-corrected chi connectivity index (χ3v) is 1.84. The van der Waals surface area contributed by atoms with Crippen LogP contribution in [0.25, 0.3) is 0 Å². The van der Waals surface area contributed by atoms with E-state index in [1.54, 1.807) is 6.08 Å². The van der Waals surface area contributed by atoms with Crippen LogP contribution >= 0.6 is 0 Å². The predicted octanol–water partition coefficient (Wildman–Crippen LogP) is 2.81. The Hall–Kier alpha value is -2.02. The van der Waals surface area contributed by atoms with Crippen molar-refractivity contribution in [1.82, 2.24) is 0 Å². The SMILES string of the molecule is CC(C)N=C=O.CC(N=C=O)c1ccccc1. The molecule has 1 rings (SSSR count). The Kier molecular flexibility index (Phi) is 8.13. The molecule has 4 heteroatoms. The summed E-state index contributed by atoms with van der Waals surface area (Å²) < 4.78 is 0. The molecule has 1 aromatic carbocycles. The lowest BCUT2D eigenvalue weighted by Crippen LogP contribution is -1.86. The maximum atomic E-state index is 9.90. The van der Waals surface area contributed by atoms with E-state index in [9.17, 15) is 9.59 Å². The largest absolute Gasteiger partial charge is 0.235 e. The topological polar surface area (TPSA) is 58.9 Å². The van der Waals surface area contributed by atoms with Crippen LogP contribution < -0.4 is 0 Å².